The lowest BCUT2D eigenvalue weighted by Crippen LogP contribution is -2.45. The average molecular weight is 303 g/mol. The van der Waals surface area contributed by atoms with Crippen LogP contribution in [0.15, 0.2) is 30.3 Å². The molecule has 3 nitrogen and oxygen atoms in total. The van der Waals surface area contributed by atoms with Gasteiger partial charge >= 0.3 is 0 Å². The fraction of sp³-hybridized carbons (Fsp3) is 0.684. The fourth-order valence-electron chi connectivity index (χ4n) is 3.19. The van der Waals surface area contributed by atoms with Crippen LogP contribution in [0.5, 0.6) is 0 Å². The molecule has 0 saturated carbocycles. The van der Waals surface area contributed by atoms with Crippen LogP contribution in [-0.4, -0.2) is 56.1 Å². The van der Waals surface area contributed by atoms with Gasteiger partial charge in [0.15, 0.2) is 0 Å². The van der Waals surface area contributed by atoms with Crippen molar-refractivity contribution < 1.29 is 0 Å². The quantitative estimate of drug-likeness (QED) is 0.815. The number of nitrogens with one attached hydrogen (secondary N) is 1. The molecule has 0 aliphatic carbocycles. The number of rotatable bonds is 6. The van der Waals surface area contributed by atoms with Crippen LogP contribution < -0.4 is 5.32 Å². The number of hydrogen-bond donors (Lipinski definition) is 1. The van der Waals surface area contributed by atoms with Gasteiger partial charge < -0.3 is 15.1 Å². The molecule has 22 heavy (non-hydrogen) atoms. The molecule has 0 spiro atoms. The maximum Gasteiger partial charge on any atom is 0.0369 e. The van der Waals surface area contributed by atoms with Crippen molar-refractivity contribution >= 4 is 0 Å². The van der Waals surface area contributed by atoms with E-state index in [4.69, 9.17) is 0 Å². The summed E-state index contributed by atoms with van der Waals surface area (Å²) in [6, 6.07) is 11.3. The molecule has 0 radical (unpaired) electrons. The Morgan fingerprint density at radius 2 is 1.68 bits per heavy atom. The molecule has 0 aromatic heterocycles. The predicted molar refractivity (Wildman–Crippen MR) is 95.2 cm³/mol. The van der Waals surface area contributed by atoms with E-state index in [9.17, 15) is 0 Å². The number of likely N-dealkylation sites (N-methyl/N-ethyl adjacent to an activating group) is 1. The predicted octanol–water partition coefficient (Wildman–Crippen LogP) is 3.00. The second kappa shape index (κ2) is 8.09. The van der Waals surface area contributed by atoms with Crippen molar-refractivity contribution in [1.29, 1.82) is 0 Å². The van der Waals surface area contributed by atoms with E-state index < -0.39 is 0 Å². The number of hydrogen-bond acceptors (Lipinski definition) is 3. The Balaban J connectivity index is 1.77. The van der Waals surface area contributed by atoms with Crippen LogP contribution in [0, 0.1) is 5.41 Å². The zero-order chi connectivity index (χ0) is 16.0. The lowest BCUT2D eigenvalue weighted by atomic mass is 9.82. The van der Waals surface area contributed by atoms with Crippen molar-refractivity contribution in [2.45, 2.75) is 33.2 Å². The molecular formula is C19H33N3. The van der Waals surface area contributed by atoms with Gasteiger partial charge in [0.2, 0.25) is 0 Å². The van der Waals surface area contributed by atoms with Crippen molar-refractivity contribution in [1.82, 2.24) is 15.1 Å². The van der Waals surface area contributed by atoms with Crippen LogP contribution in [0.2, 0.25) is 0 Å². The third kappa shape index (κ3) is 5.38. The summed E-state index contributed by atoms with van der Waals surface area (Å²) in [4.78, 5) is 5.01. The van der Waals surface area contributed by atoms with E-state index in [0.29, 0.717) is 6.04 Å². The molecule has 3 heteroatoms. The lowest BCUT2D eigenvalue weighted by molar-refractivity contribution is 0.151. The number of nitrogens with zero attached hydrogens (tertiary/aromatic N) is 2. The van der Waals surface area contributed by atoms with Gasteiger partial charge in [-0.2, -0.15) is 0 Å². The molecule has 1 aliphatic heterocycles. The minimum absolute atomic E-state index is 0.231. The van der Waals surface area contributed by atoms with Crippen LogP contribution >= 0.6 is 0 Å². The standard InChI is InChI=1S/C19H33N3/c1-19(2,3)18(17-9-6-5-7-10-17)20-11-8-12-22-15-13-21(4)14-16-22/h5-7,9-10,18,20H,8,11-16H2,1-4H3/t18-/m1/s1. The highest BCUT2D eigenvalue weighted by Crippen LogP contribution is 2.32. The maximum absolute atomic E-state index is 3.79. The highest BCUT2D eigenvalue weighted by Gasteiger charge is 2.25. The summed E-state index contributed by atoms with van der Waals surface area (Å²) < 4.78 is 0. The minimum Gasteiger partial charge on any atom is -0.309 e. The first kappa shape index (κ1) is 17.5. The highest BCUT2D eigenvalue weighted by molar-refractivity contribution is 5.20. The molecule has 1 atom stereocenters. The molecule has 1 fully saturated rings. The molecule has 0 amide bonds. The molecule has 1 saturated heterocycles. The van der Waals surface area contributed by atoms with Gasteiger partial charge in [-0.05, 0) is 37.5 Å². The summed E-state index contributed by atoms with van der Waals surface area (Å²) >= 11 is 0. The van der Waals surface area contributed by atoms with Crippen molar-refractivity contribution in [3.05, 3.63) is 35.9 Å². The SMILES string of the molecule is CN1CCN(CCCN[C@H](c2ccccc2)C(C)(C)C)CC1. The molecule has 1 heterocycles. The van der Waals surface area contributed by atoms with E-state index in [0.717, 1.165) is 6.54 Å². The van der Waals surface area contributed by atoms with E-state index in [1.807, 2.05) is 0 Å². The third-order valence-corrected chi connectivity index (χ3v) is 4.59. The minimum atomic E-state index is 0.231. The summed E-state index contributed by atoms with van der Waals surface area (Å²) in [6.45, 7) is 14.1. The van der Waals surface area contributed by atoms with Crippen molar-refractivity contribution in [2.75, 3.05) is 46.3 Å². The molecule has 1 aromatic carbocycles. The monoisotopic (exact) mass is 303 g/mol. The first-order valence-corrected chi connectivity index (χ1v) is 8.66. The third-order valence-electron chi connectivity index (χ3n) is 4.59. The largest absolute Gasteiger partial charge is 0.309 e. The topological polar surface area (TPSA) is 18.5 Å². The first-order chi connectivity index (χ1) is 10.5. The van der Waals surface area contributed by atoms with Crippen LogP contribution in [-0.2, 0) is 0 Å². The maximum atomic E-state index is 3.79. The molecule has 1 aromatic rings. The van der Waals surface area contributed by atoms with Crippen LogP contribution in [0.4, 0.5) is 0 Å². The summed E-state index contributed by atoms with van der Waals surface area (Å²) in [5.41, 5.74) is 1.63. The van der Waals surface area contributed by atoms with Crippen molar-refractivity contribution in [2.24, 2.45) is 5.41 Å². The molecule has 1 aliphatic rings. The lowest BCUT2D eigenvalue weighted by Gasteiger charge is -2.34. The van der Waals surface area contributed by atoms with Crippen LogP contribution in [0.25, 0.3) is 0 Å². The van der Waals surface area contributed by atoms with Gasteiger partial charge in [-0.3, -0.25) is 0 Å². The molecule has 2 rings (SSSR count). The smallest absolute Gasteiger partial charge is 0.0369 e. The zero-order valence-corrected chi connectivity index (χ0v) is 14.8. The van der Waals surface area contributed by atoms with E-state index in [-0.39, 0.29) is 5.41 Å². The Bertz CT molecular complexity index is 416. The average Bonchev–Trinajstić information content (AvgIpc) is 2.48. The Morgan fingerprint density at radius 1 is 1.05 bits per heavy atom. The van der Waals surface area contributed by atoms with E-state index in [1.54, 1.807) is 0 Å². The summed E-state index contributed by atoms with van der Waals surface area (Å²) in [7, 11) is 2.21. The zero-order valence-electron chi connectivity index (χ0n) is 14.8. The Labute approximate surface area is 136 Å². The Kier molecular flexibility index (Phi) is 6.42. The van der Waals surface area contributed by atoms with E-state index in [1.165, 1.54) is 44.7 Å². The second-order valence-corrected chi connectivity index (χ2v) is 7.66. The second-order valence-electron chi connectivity index (χ2n) is 7.66. The van der Waals surface area contributed by atoms with Crippen molar-refractivity contribution in [3.8, 4) is 0 Å². The highest BCUT2D eigenvalue weighted by atomic mass is 15.2. The first-order valence-electron chi connectivity index (χ1n) is 8.66. The fourth-order valence-corrected chi connectivity index (χ4v) is 3.19. The summed E-state index contributed by atoms with van der Waals surface area (Å²) in [5.74, 6) is 0. The molecule has 0 unspecified atom stereocenters. The Morgan fingerprint density at radius 3 is 2.27 bits per heavy atom. The normalized spacial score (nSPS) is 19.3. The molecular weight excluding hydrogens is 270 g/mol. The van der Waals surface area contributed by atoms with Crippen LogP contribution in [0.3, 0.4) is 0 Å². The molecule has 1 N–H and O–H groups in total. The van der Waals surface area contributed by atoms with Gasteiger partial charge in [0, 0.05) is 32.2 Å². The summed E-state index contributed by atoms with van der Waals surface area (Å²) in [6.07, 6.45) is 1.23. The van der Waals surface area contributed by atoms with Gasteiger partial charge in [0.05, 0.1) is 0 Å². The van der Waals surface area contributed by atoms with Crippen molar-refractivity contribution in [3.63, 3.8) is 0 Å². The van der Waals surface area contributed by atoms with E-state index in [2.05, 4.69) is 73.3 Å². The number of benzene rings is 1. The van der Waals surface area contributed by atoms with Gasteiger partial charge in [-0.25, -0.2) is 0 Å². The molecule has 124 valence electrons. The Hall–Kier alpha value is -0.900. The molecule has 0 bridgehead atoms. The van der Waals surface area contributed by atoms with E-state index >= 15 is 0 Å². The van der Waals surface area contributed by atoms with Gasteiger partial charge in [-0.1, -0.05) is 51.1 Å². The van der Waals surface area contributed by atoms with Gasteiger partial charge in [0.1, 0.15) is 0 Å². The van der Waals surface area contributed by atoms with Crippen LogP contribution in [0.1, 0.15) is 38.8 Å². The van der Waals surface area contributed by atoms with Gasteiger partial charge in [0.25, 0.3) is 0 Å². The van der Waals surface area contributed by atoms with Gasteiger partial charge in [-0.15, -0.1) is 0 Å². The number of piperazine rings is 1. The summed E-state index contributed by atoms with van der Waals surface area (Å²) in [5, 5.41) is 3.79.